The van der Waals surface area contributed by atoms with Gasteiger partial charge in [-0.1, -0.05) is 13.8 Å². The molecule has 1 heterocycles. The monoisotopic (exact) mass is 255 g/mol. The zero-order chi connectivity index (χ0) is 12.7. The summed E-state index contributed by atoms with van der Waals surface area (Å²) in [5, 5.41) is 8.19. The molecule has 0 amide bonds. The van der Waals surface area contributed by atoms with Crippen LogP contribution in [-0.4, -0.2) is 20.3 Å². The van der Waals surface area contributed by atoms with Crippen LogP contribution in [0.2, 0.25) is 0 Å². The average molecular weight is 255 g/mol. The van der Waals surface area contributed by atoms with E-state index in [4.69, 9.17) is 4.74 Å². The van der Waals surface area contributed by atoms with Crippen LogP contribution < -0.4 is 5.32 Å². The maximum Gasteiger partial charge on any atom is 0.0465 e. The number of hydrogen-bond acceptors (Lipinski definition) is 3. The van der Waals surface area contributed by atoms with Gasteiger partial charge >= 0.3 is 0 Å². The molecule has 1 aromatic heterocycles. The molecule has 1 aromatic rings. The van der Waals surface area contributed by atoms with E-state index in [1.165, 1.54) is 17.5 Å². The molecule has 0 aliphatic carbocycles. The normalized spacial score (nSPS) is 14.8. The van der Waals surface area contributed by atoms with Crippen LogP contribution in [0.15, 0.2) is 10.8 Å². The minimum absolute atomic E-state index is 0.469. The van der Waals surface area contributed by atoms with Crippen LogP contribution in [0.1, 0.15) is 43.9 Å². The van der Waals surface area contributed by atoms with E-state index in [-0.39, 0.29) is 0 Å². The van der Waals surface area contributed by atoms with Crippen molar-refractivity contribution in [3.63, 3.8) is 0 Å². The Morgan fingerprint density at radius 3 is 2.71 bits per heavy atom. The summed E-state index contributed by atoms with van der Waals surface area (Å²) in [4.78, 5) is 0. The number of methoxy groups -OCH3 is 1. The summed E-state index contributed by atoms with van der Waals surface area (Å²) < 4.78 is 5.19. The van der Waals surface area contributed by atoms with Gasteiger partial charge in [0.15, 0.2) is 0 Å². The average Bonchev–Trinajstić information content (AvgIpc) is 2.73. The Balaban J connectivity index is 2.69. The van der Waals surface area contributed by atoms with Gasteiger partial charge in [-0.15, -0.1) is 0 Å². The number of rotatable bonds is 8. The molecular weight excluding hydrogens is 230 g/mol. The van der Waals surface area contributed by atoms with E-state index in [1.54, 1.807) is 18.4 Å². The molecule has 2 atom stereocenters. The van der Waals surface area contributed by atoms with Crippen molar-refractivity contribution in [2.24, 2.45) is 5.92 Å². The highest BCUT2D eigenvalue weighted by atomic mass is 32.1. The van der Waals surface area contributed by atoms with Crippen LogP contribution in [0.3, 0.4) is 0 Å². The zero-order valence-corrected chi connectivity index (χ0v) is 12.3. The lowest BCUT2D eigenvalue weighted by molar-refractivity contribution is 0.170. The lowest BCUT2D eigenvalue weighted by Crippen LogP contribution is -2.28. The molecule has 17 heavy (non-hydrogen) atoms. The molecule has 2 nitrogen and oxygen atoms in total. The molecule has 1 rings (SSSR count). The SMILES string of the molecule is CCCNC(c1cscc1C)C(C)CCOC. The Labute approximate surface area is 109 Å². The first kappa shape index (κ1) is 14.7. The van der Waals surface area contributed by atoms with E-state index >= 15 is 0 Å². The van der Waals surface area contributed by atoms with Crippen molar-refractivity contribution in [1.29, 1.82) is 0 Å². The van der Waals surface area contributed by atoms with Gasteiger partial charge in [0.05, 0.1) is 0 Å². The fraction of sp³-hybridized carbons (Fsp3) is 0.714. The summed E-state index contributed by atoms with van der Waals surface area (Å²) in [6.45, 7) is 8.65. The van der Waals surface area contributed by atoms with Gasteiger partial charge in [0.2, 0.25) is 0 Å². The summed E-state index contributed by atoms with van der Waals surface area (Å²) in [6.07, 6.45) is 2.28. The second kappa shape index (κ2) is 7.85. The van der Waals surface area contributed by atoms with Crippen molar-refractivity contribution in [1.82, 2.24) is 5.32 Å². The lowest BCUT2D eigenvalue weighted by atomic mass is 9.92. The highest BCUT2D eigenvalue weighted by Gasteiger charge is 2.20. The van der Waals surface area contributed by atoms with E-state index < -0.39 is 0 Å². The van der Waals surface area contributed by atoms with Gasteiger partial charge in [-0.2, -0.15) is 11.3 Å². The quantitative estimate of drug-likeness (QED) is 0.763. The molecule has 98 valence electrons. The minimum Gasteiger partial charge on any atom is -0.385 e. The predicted molar refractivity (Wildman–Crippen MR) is 75.7 cm³/mol. The van der Waals surface area contributed by atoms with E-state index in [0.717, 1.165) is 19.6 Å². The number of thiophene rings is 1. The van der Waals surface area contributed by atoms with Crippen molar-refractivity contribution >= 4 is 11.3 Å². The number of nitrogens with one attached hydrogen (secondary N) is 1. The zero-order valence-electron chi connectivity index (χ0n) is 11.5. The summed E-state index contributed by atoms with van der Waals surface area (Å²) >= 11 is 1.80. The molecule has 0 fully saturated rings. The van der Waals surface area contributed by atoms with Crippen LogP contribution in [0.4, 0.5) is 0 Å². The van der Waals surface area contributed by atoms with Gasteiger partial charge in [0.25, 0.3) is 0 Å². The number of hydrogen-bond donors (Lipinski definition) is 1. The predicted octanol–water partition coefficient (Wildman–Crippen LogP) is 3.77. The molecule has 0 spiro atoms. The van der Waals surface area contributed by atoms with Gasteiger partial charge < -0.3 is 10.1 Å². The van der Waals surface area contributed by atoms with Gasteiger partial charge in [-0.3, -0.25) is 0 Å². The fourth-order valence-corrected chi connectivity index (χ4v) is 2.96. The van der Waals surface area contributed by atoms with Crippen molar-refractivity contribution in [3.8, 4) is 0 Å². The molecule has 0 saturated carbocycles. The van der Waals surface area contributed by atoms with Gasteiger partial charge in [0, 0.05) is 19.8 Å². The molecule has 0 bridgehead atoms. The third-order valence-corrected chi connectivity index (χ3v) is 4.07. The second-order valence-electron chi connectivity index (χ2n) is 4.70. The molecule has 0 aliphatic heterocycles. The van der Waals surface area contributed by atoms with E-state index in [9.17, 15) is 0 Å². The summed E-state index contributed by atoms with van der Waals surface area (Å²) in [6, 6.07) is 0.469. The maximum absolute atomic E-state index is 5.19. The smallest absolute Gasteiger partial charge is 0.0465 e. The Bertz CT molecular complexity index is 311. The minimum atomic E-state index is 0.469. The molecule has 1 N–H and O–H groups in total. The molecule has 0 aliphatic rings. The first-order valence-corrected chi connectivity index (χ1v) is 7.40. The Hall–Kier alpha value is -0.380. The standard InChI is InChI=1S/C14H25NOS/c1-5-7-15-14(11(2)6-8-16-4)13-10-17-9-12(13)3/h9-11,14-15H,5-8H2,1-4H3. The second-order valence-corrected chi connectivity index (χ2v) is 5.44. The van der Waals surface area contributed by atoms with Crippen molar-refractivity contribution in [3.05, 3.63) is 21.9 Å². The number of aryl methyl sites for hydroxylation is 1. The highest BCUT2D eigenvalue weighted by Crippen LogP contribution is 2.29. The van der Waals surface area contributed by atoms with Crippen molar-refractivity contribution < 1.29 is 4.74 Å². The summed E-state index contributed by atoms with van der Waals surface area (Å²) in [5.41, 5.74) is 2.87. The van der Waals surface area contributed by atoms with Crippen LogP contribution >= 0.6 is 11.3 Å². The van der Waals surface area contributed by atoms with Gasteiger partial charge in [-0.05, 0) is 54.1 Å². The van der Waals surface area contributed by atoms with Gasteiger partial charge in [-0.25, -0.2) is 0 Å². The Kier molecular flexibility index (Phi) is 6.78. The topological polar surface area (TPSA) is 21.3 Å². The molecule has 3 heteroatoms. The molecule has 2 unspecified atom stereocenters. The number of ether oxygens (including phenoxy) is 1. The van der Waals surface area contributed by atoms with Crippen LogP contribution in [0.25, 0.3) is 0 Å². The molecule has 0 radical (unpaired) electrons. The van der Waals surface area contributed by atoms with Gasteiger partial charge in [0.1, 0.15) is 0 Å². The first-order chi connectivity index (χ1) is 8.20. The maximum atomic E-state index is 5.19. The lowest BCUT2D eigenvalue weighted by Gasteiger charge is -2.25. The van der Waals surface area contributed by atoms with E-state index in [2.05, 4.69) is 36.8 Å². The summed E-state index contributed by atoms with van der Waals surface area (Å²) in [5.74, 6) is 0.606. The van der Waals surface area contributed by atoms with Crippen molar-refractivity contribution in [2.75, 3.05) is 20.3 Å². The first-order valence-electron chi connectivity index (χ1n) is 6.45. The van der Waals surface area contributed by atoms with E-state index in [1.807, 2.05) is 0 Å². The Morgan fingerprint density at radius 1 is 1.41 bits per heavy atom. The highest BCUT2D eigenvalue weighted by molar-refractivity contribution is 7.08. The van der Waals surface area contributed by atoms with Crippen LogP contribution in [0.5, 0.6) is 0 Å². The third kappa shape index (κ3) is 4.41. The van der Waals surface area contributed by atoms with Crippen molar-refractivity contribution in [2.45, 2.75) is 39.7 Å². The Morgan fingerprint density at radius 2 is 2.18 bits per heavy atom. The van der Waals surface area contributed by atoms with Crippen LogP contribution in [-0.2, 0) is 4.74 Å². The van der Waals surface area contributed by atoms with Crippen LogP contribution in [0, 0.1) is 12.8 Å². The largest absolute Gasteiger partial charge is 0.385 e. The third-order valence-electron chi connectivity index (χ3n) is 3.19. The molecular formula is C14H25NOS. The molecule has 0 aromatic carbocycles. The fourth-order valence-electron chi connectivity index (χ4n) is 2.08. The molecule has 0 saturated heterocycles. The summed E-state index contributed by atoms with van der Waals surface area (Å²) in [7, 11) is 1.77. The van der Waals surface area contributed by atoms with E-state index in [0.29, 0.717) is 12.0 Å².